The van der Waals surface area contributed by atoms with Gasteiger partial charge in [-0.15, -0.1) is 0 Å². The molecule has 1 atom stereocenters. The molecule has 7 heteroatoms. The lowest BCUT2D eigenvalue weighted by atomic mass is 10.2. The van der Waals surface area contributed by atoms with Gasteiger partial charge in [-0.05, 0) is 30.3 Å². The fourth-order valence-corrected chi connectivity index (χ4v) is 2.52. The highest BCUT2D eigenvalue weighted by Crippen LogP contribution is 2.27. The summed E-state index contributed by atoms with van der Waals surface area (Å²) in [5, 5.41) is 11.5. The predicted molar refractivity (Wildman–Crippen MR) is 93.8 cm³/mol. The third-order valence-corrected chi connectivity index (χ3v) is 3.78. The quantitative estimate of drug-likeness (QED) is 0.791. The van der Waals surface area contributed by atoms with Crippen molar-refractivity contribution in [3.05, 3.63) is 54.1 Å². The van der Waals surface area contributed by atoms with Gasteiger partial charge in [-0.25, -0.2) is 4.79 Å². The van der Waals surface area contributed by atoms with Crippen LogP contribution in [0.3, 0.4) is 0 Å². The maximum Gasteiger partial charge on any atom is 0.341 e. The number of carboxylic acids is 1. The van der Waals surface area contributed by atoms with Crippen molar-refractivity contribution in [3.63, 3.8) is 0 Å². The van der Waals surface area contributed by atoms with Crippen LogP contribution in [0.15, 0.2) is 48.5 Å². The highest BCUT2D eigenvalue weighted by molar-refractivity contribution is 6.05. The molecule has 1 unspecified atom stereocenters. The lowest BCUT2D eigenvalue weighted by Crippen LogP contribution is -2.18. The molecular formula is C19H19NO6. The average Bonchev–Trinajstić information content (AvgIpc) is 3.15. The molecule has 0 radical (unpaired) electrons. The van der Waals surface area contributed by atoms with E-state index in [1.54, 1.807) is 36.4 Å². The van der Waals surface area contributed by atoms with Crippen LogP contribution in [0.25, 0.3) is 0 Å². The number of aliphatic carboxylic acids is 1. The summed E-state index contributed by atoms with van der Waals surface area (Å²) in [5.74, 6) is -0.534. The van der Waals surface area contributed by atoms with E-state index in [1.165, 1.54) is 6.07 Å². The van der Waals surface area contributed by atoms with Gasteiger partial charge in [-0.2, -0.15) is 0 Å². The monoisotopic (exact) mass is 357 g/mol. The lowest BCUT2D eigenvalue weighted by Gasteiger charge is -2.16. The van der Waals surface area contributed by atoms with E-state index in [4.69, 9.17) is 19.3 Å². The van der Waals surface area contributed by atoms with Gasteiger partial charge in [0.2, 0.25) is 0 Å². The first-order valence-electron chi connectivity index (χ1n) is 8.21. The number of ether oxygens (including phenoxy) is 3. The number of carbonyl (C=O) groups is 2. The Morgan fingerprint density at radius 3 is 2.81 bits per heavy atom. The summed E-state index contributed by atoms with van der Waals surface area (Å²) in [4.78, 5) is 23.1. The molecule has 1 amide bonds. The first-order chi connectivity index (χ1) is 12.6. The van der Waals surface area contributed by atoms with E-state index in [-0.39, 0.29) is 12.0 Å². The van der Waals surface area contributed by atoms with Gasteiger partial charge in [-0.3, -0.25) is 4.79 Å². The first-order valence-corrected chi connectivity index (χ1v) is 8.21. The molecule has 2 aromatic rings. The van der Waals surface area contributed by atoms with Crippen molar-refractivity contribution in [1.82, 2.24) is 0 Å². The summed E-state index contributed by atoms with van der Waals surface area (Å²) in [7, 11) is 0. The summed E-state index contributed by atoms with van der Waals surface area (Å²) in [6, 6.07) is 13.5. The van der Waals surface area contributed by atoms with Crippen LogP contribution in [-0.2, 0) is 9.53 Å². The van der Waals surface area contributed by atoms with E-state index in [0.29, 0.717) is 36.0 Å². The molecule has 1 aliphatic rings. The third kappa shape index (κ3) is 4.73. The molecule has 2 N–H and O–H groups in total. The standard InChI is InChI=1S/C19H19NO6/c21-18(22)12-25-14-5-3-4-13(10-14)19(23)20-16-6-1-2-7-17(16)26-15-8-9-24-11-15/h1-7,10,15H,8-9,11-12H2,(H,20,23)(H,21,22). The van der Waals surface area contributed by atoms with Crippen molar-refractivity contribution in [2.24, 2.45) is 0 Å². The number of para-hydroxylation sites is 2. The second-order valence-corrected chi connectivity index (χ2v) is 5.76. The van der Waals surface area contributed by atoms with Gasteiger partial charge in [0, 0.05) is 12.0 Å². The fourth-order valence-electron chi connectivity index (χ4n) is 2.52. The summed E-state index contributed by atoms with van der Waals surface area (Å²) in [6.45, 7) is 0.735. The smallest absolute Gasteiger partial charge is 0.341 e. The molecule has 0 aliphatic carbocycles. The predicted octanol–water partition coefficient (Wildman–Crippen LogP) is 2.57. The minimum atomic E-state index is -1.08. The highest BCUT2D eigenvalue weighted by atomic mass is 16.5. The summed E-state index contributed by atoms with van der Waals surface area (Å²) in [5.41, 5.74) is 0.910. The number of hydrogen-bond donors (Lipinski definition) is 2. The zero-order valence-corrected chi connectivity index (χ0v) is 14.0. The van der Waals surface area contributed by atoms with Crippen LogP contribution >= 0.6 is 0 Å². The van der Waals surface area contributed by atoms with E-state index < -0.39 is 12.6 Å². The SMILES string of the molecule is O=C(O)COc1cccc(C(=O)Nc2ccccc2OC2CCOC2)c1. The van der Waals surface area contributed by atoms with Crippen molar-refractivity contribution in [2.75, 3.05) is 25.1 Å². The molecule has 26 heavy (non-hydrogen) atoms. The maximum atomic E-state index is 12.5. The van der Waals surface area contributed by atoms with Crippen molar-refractivity contribution in [2.45, 2.75) is 12.5 Å². The van der Waals surface area contributed by atoms with E-state index in [1.807, 2.05) is 6.07 Å². The van der Waals surface area contributed by atoms with Gasteiger partial charge >= 0.3 is 5.97 Å². The Bertz CT molecular complexity index is 785. The molecule has 1 saturated heterocycles. The third-order valence-electron chi connectivity index (χ3n) is 3.78. The van der Waals surface area contributed by atoms with E-state index in [2.05, 4.69) is 5.32 Å². The van der Waals surface area contributed by atoms with E-state index in [0.717, 1.165) is 6.42 Å². The molecule has 2 aromatic carbocycles. The number of amides is 1. The topological polar surface area (TPSA) is 94.1 Å². The van der Waals surface area contributed by atoms with Crippen LogP contribution in [0, 0.1) is 0 Å². The number of hydrogen-bond acceptors (Lipinski definition) is 5. The van der Waals surface area contributed by atoms with Gasteiger partial charge in [0.25, 0.3) is 5.91 Å². The number of anilines is 1. The van der Waals surface area contributed by atoms with Crippen molar-refractivity contribution in [3.8, 4) is 11.5 Å². The van der Waals surface area contributed by atoms with Crippen LogP contribution < -0.4 is 14.8 Å². The zero-order chi connectivity index (χ0) is 18.4. The van der Waals surface area contributed by atoms with Gasteiger partial charge in [0.05, 0.1) is 18.9 Å². The van der Waals surface area contributed by atoms with Crippen LogP contribution in [0.5, 0.6) is 11.5 Å². The Balaban J connectivity index is 1.70. The first kappa shape index (κ1) is 17.8. The van der Waals surface area contributed by atoms with Gasteiger partial charge in [-0.1, -0.05) is 18.2 Å². The number of benzene rings is 2. The molecule has 0 bridgehead atoms. The minimum Gasteiger partial charge on any atom is -0.486 e. The number of carboxylic acid groups (broad SMARTS) is 1. The largest absolute Gasteiger partial charge is 0.486 e. The van der Waals surface area contributed by atoms with Crippen LogP contribution in [0.4, 0.5) is 5.69 Å². The normalized spacial score (nSPS) is 16.1. The molecule has 3 rings (SSSR count). The Hall–Kier alpha value is -3.06. The average molecular weight is 357 g/mol. The maximum absolute atomic E-state index is 12.5. The molecular weight excluding hydrogens is 338 g/mol. The number of rotatable bonds is 7. The summed E-state index contributed by atoms with van der Waals surface area (Å²) in [6.07, 6.45) is 0.784. The summed E-state index contributed by atoms with van der Waals surface area (Å²) < 4.78 is 16.3. The molecule has 0 saturated carbocycles. The van der Waals surface area contributed by atoms with Crippen LogP contribution in [0.2, 0.25) is 0 Å². The molecule has 0 spiro atoms. The fraction of sp³-hybridized carbons (Fsp3) is 0.263. The Morgan fingerprint density at radius 2 is 2.04 bits per heavy atom. The van der Waals surface area contributed by atoms with Crippen molar-refractivity contribution >= 4 is 17.6 Å². The Morgan fingerprint density at radius 1 is 1.19 bits per heavy atom. The van der Waals surface area contributed by atoms with Crippen molar-refractivity contribution in [1.29, 1.82) is 0 Å². The molecule has 0 aromatic heterocycles. The second-order valence-electron chi connectivity index (χ2n) is 5.76. The van der Waals surface area contributed by atoms with Crippen LogP contribution in [-0.4, -0.2) is 42.9 Å². The number of nitrogens with one attached hydrogen (secondary N) is 1. The lowest BCUT2D eigenvalue weighted by molar-refractivity contribution is -0.139. The molecule has 1 heterocycles. The van der Waals surface area contributed by atoms with Crippen molar-refractivity contribution < 1.29 is 28.9 Å². The Kier molecular flexibility index (Phi) is 5.70. The van der Waals surface area contributed by atoms with Gasteiger partial charge in [0.15, 0.2) is 6.61 Å². The second kappa shape index (κ2) is 8.35. The van der Waals surface area contributed by atoms with Crippen LogP contribution in [0.1, 0.15) is 16.8 Å². The minimum absolute atomic E-state index is 0.0270. The molecule has 1 aliphatic heterocycles. The Labute approximate surface area is 150 Å². The van der Waals surface area contributed by atoms with Gasteiger partial charge in [0.1, 0.15) is 17.6 Å². The molecule has 1 fully saturated rings. The molecule has 7 nitrogen and oxygen atoms in total. The number of carbonyl (C=O) groups excluding carboxylic acids is 1. The summed E-state index contributed by atoms with van der Waals surface area (Å²) >= 11 is 0. The zero-order valence-electron chi connectivity index (χ0n) is 14.0. The van der Waals surface area contributed by atoms with Gasteiger partial charge < -0.3 is 24.6 Å². The van der Waals surface area contributed by atoms with E-state index >= 15 is 0 Å². The van der Waals surface area contributed by atoms with E-state index in [9.17, 15) is 9.59 Å². The molecule has 136 valence electrons. The highest BCUT2D eigenvalue weighted by Gasteiger charge is 2.19.